The quantitative estimate of drug-likeness (QED) is 0.782. The van der Waals surface area contributed by atoms with E-state index in [1.54, 1.807) is 4.90 Å². The Morgan fingerprint density at radius 3 is 2.46 bits per heavy atom. The molecule has 126 valence electrons. The summed E-state index contributed by atoms with van der Waals surface area (Å²) in [6, 6.07) is 17.3. The van der Waals surface area contributed by atoms with Crippen molar-refractivity contribution in [2.75, 3.05) is 18.6 Å². The summed E-state index contributed by atoms with van der Waals surface area (Å²) in [7, 11) is 1.37. The Hall–Kier alpha value is -2.79. The van der Waals surface area contributed by atoms with Crippen LogP contribution in [-0.2, 0) is 16.2 Å². The number of nitrogens with one attached hydrogen (secondary N) is 1. The van der Waals surface area contributed by atoms with E-state index in [-0.39, 0.29) is 6.61 Å². The number of carbonyl (C=O) groups excluding carboxylic acids is 1. The number of hydrogen-bond donors (Lipinski definition) is 1. The lowest BCUT2D eigenvalue weighted by atomic mass is 10.1. The van der Waals surface area contributed by atoms with Crippen molar-refractivity contribution in [1.82, 2.24) is 5.48 Å². The zero-order valence-corrected chi connectivity index (χ0v) is 14.0. The first-order valence-corrected chi connectivity index (χ1v) is 7.72. The van der Waals surface area contributed by atoms with Crippen molar-refractivity contribution < 1.29 is 14.4 Å². The number of amides is 1. The SMILES string of the molecule is C=C(NOCc1ccccc1N(CC)C(=O)OC)c1ccccc1. The fourth-order valence-corrected chi connectivity index (χ4v) is 2.30. The molecule has 0 aromatic heterocycles. The zero-order valence-electron chi connectivity index (χ0n) is 14.0. The number of nitrogens with zero attached hydrogens (tertiary/aromatic N) is 1. The van der Waals surface area contributed by atoms with Crippen LogP contribution in [0.2, 0.25) is 0 Å². The van der Waals surface area contributed by atoms with Crippen molar-refractivity contribution in [3.05, 3.63) is 72.3 Å². The molecule has 24 heavy (non-hydrogen) atoms. The van der Waals surface area contributed by atoms with Gasteiger partial charge in [-0.05, 0) is 18.6 Å². The van der Waals surface area contributed by atoms with Gasteiger partial charge in [0.25, 0.3) is 0 Å². The summed E-state index contributed by atoms with van der Waals surface area (Å²) in [6.45, 7) is 6.64. The summed E-state index contributed by atoms with van der Waals surface area (Å²) >= 11 is 0. The number of carbonyl (C=O) groups is 1. The number of anilines is 1. The number of methoxy groups -OCH3 is 1. The molecular formula is C19H22N2O3. The number of rotatable bonds is 7. The third-order valence-electron chi connectivity index (χ3n) is 3.54. The van der Waals surface area contributed by atoms with Crippen LogP contribution in [0.5, 0.6) is 0 Å². The highest BCUT2D eigenvalue weighted by Crippen LogP contribution is 2.22. The maximum absolute atomic E-state index is 11.9. The molecule has 0 atom stereocenters. The standard InChI is InChI=1S/C19H22N2O3/c1-4-21(19(22)23-3)18-13-9-8-12-17(18)14-24-20-15(2)16-10-6-5-7-11-16/h5-13,20H,2,4,14H2,1,3H3. The molecule has 0 bridgehead atoms. The summed E-state index contributed by atoms with van der Waals surface area (Å²) in [4.78, 5) is 19.0. The van der Waals surface area contributed by atoms with Crippen LogP contribution in [0.1, 0.15) is 18.1 Å². The highest BCUT2D eigenvalue weighted by atomic mass is 16.6. The van der Waals surface area contributed by atoms with Crippen molar-refractivity contribution >= 4 is 17.5 Å². The summed E-state index contributed by atoms with van der Waals surface area (Å²) < 4.78 is 4.83. The van der Waals surface area contributed by atoms with Gasteiger partial charge in [0.2, 0.25) is 0 Å². The molecule has 0 aliphatic carbocycles. The van der Waals surface area contributed by atoms with E-state index >= 15 is 0 Å². The largest absolute Gasteiger partial charge is 0.452 e. The van der Waals surface area contributed by atoms with E-state index in [4.69, 9.17) is 9.57 Å². The molecule has 5 nitrogen and oxygen atoms in total. The Kier molecular flexibility index (Phi) is 6.40. The molecule has 0 aliphatic heterocycles. The maximum atomic E-state index is 11.9. The van der Waals surface area contributed by atoms with Gasteiger partial charge in [0.05, 0.1) is 18.5 Å². The van der Waals surface area contributed by atoms with E-state index < -0.39 is 6.09 Å². The molecule has 0 heterocycles. The Bertz CT molecular complexity index is 686. The number of hydroxylamine groups is 1. The Labute approximate surface area is 142 Å². The third kappa shape index (κ3) is 4.36. The highest BCUT2D eigenvalue weighted by molar-refractivity contribution is 5.88. The normalized spacial score (nSPS) is 10.1. The van der Waals surface area contributed by atoms with Crippen LogP contribution < -0.4 is 10.4 Å². The number of para-hydroxylation sites is 1. The van der Waals surface area contributed by atoms with Crippen molar-refractivity contribution in [2.24, 2.45) is 0 Å². The molecule has 0 saturated carbocycles. The first-order valence-electron chi connectivity index (χ1n) is 7.72. The number of ether oxygens (including phenoxy) is 1. The van der Waals surface area contributed by atoms with Crippen LogP contribution >= 0.6 is 0 Å². The summed E-state index contributed by atoms with van der Waals surface area (Å²) in [6.07, 6.45) is -0.397. The average Bonchev–Trinajstić information content (AvgIpc) is 2.64. The molecular weight excluding hydrogens is 304 g/mol. The minimum absolute atomic E-state index is 0.287. The van der Waals surface area contributed by atoms with E-state index in [9.17, 15) is 4.79 Å². The van der Waals surface area contributed by atoms with Crippen LogP contribution in [-0.4, -0.2) is 19.7 Å². The topological polar surface area (TPSA) is 50.8 Å². The molecule has 2 aromatic carbocycles. The van der Waals surface area contributed by atoms with Gasteiger partial charge in [-0.15, -0.1) is 0 Å². The van der Waals surface area contributed by atoms with E-state index in [1.807, 2.05) is 61.5 Å². The maximum Gasteiger partial charge on any atom is 0.413 e. The lowest BCUT2D eigenvalue weighted by Gasteiger charge is -2.22. The fraction of sp³-hybridized carbons (Fsp3) is 0.211. The van der Waals surface area contributed by atoms with Crippen molar-refractivity contribution in [2.45, 2.75) is 13.5 Å². The first-order chi connectivity index (χ1) is 11.7. The Morgan fingerprint density at radius 1 is 1.12 bits per heavy atom. The molecule has 2 rings (SSSR count). The van der Waals surface area contributed by atoms with Crippen LogP contribution in [0.25, 0.3) is 5.70 Å². The van der Waals surface area contributed by atoms with E-state index in [0.29, 0.717) is 12.2 Å². The summed E-state index contributed by atoms with van der Waals surface area (Å²) in [5.41, 5.74) is 6.11. The Morgan fingerprint density at radius 2 is 1.79 bits per heavy atom. The molecule has 0 spiro atoms. The van der Waals surface area contributed by atoms with Crippen LogP contribution in [0.4, 0.5) is 10.5 Å². The fourth-order valence-electron chi connectivity index (χ4n) is 2.30. The van der Waals surface area contributed by atoms with E-state index in [1.165, 1.54) is 7.11 Å². The zero-order chi connectivity index (χ0) is 17.4. The number of hydrogen-bond acceptors (Lipinski definition) is 4. The predicted octanol–water partition coefficient (Wildman–Crippen LogP) is 3.97. The van der Waals surface area contributed by atoms with E-state index in [2.05, 4.69) is 12.1 Å². The van der Waals surface area contributed by atoms with Crippen molar-refractivity contribution in [3.8, 4) is 0 Å². The molecule has 0 saturated heterocycles. The van der Waals surface area contributed by atoms with Gasteiger partial charge in [-0.25, -0.2) is 4.79 Å². The molecule has 1 amide bonds. The second kappa shape index (κ2) is 8.74. The van der Waals surface area contributed by atoms with Gasteiger partial charge in [-0.3, -0.25) is 15.2 Å². The smallest absolute Gasteiger partial charge is 0.413 e. The molecule has 0 radical (unpaired) electrons. The predicted molar refractivity (Wildman–Crippen MR) is 95.3 cm³/mol. The lowest BCUT2D eigenvalue weighted by molar-refractivity contribution is 0.0650. The van der Waals surface area contributed by atoms with Crippen LogP contribution in [0, 0.1) is 0 Å². The van der Waals surface area contributed by atoms with Gasteiger partial charge in [-0.1, -0.05) is 55.1 Å². The van der Waals surface area contributed by atoms with E-state index in [0.717, 1.165) is 16.8 Å². The molecule has 1 N–H and O–H groups in total. The van der Waals surface area contributed by atoms with Crippen molar-refractivity contribution in [3.63, 3.8) is 0 Å². The molecule has 0 unspecified atom stereocenters. The van der Waals surface area contributed by atoms with Gasteiger partial charge >= 0.3 is 6.09 Å². The van der Waals surface area contributed by atoms with Gasteiger partial charge in [0.1, 0.15) is 6.61 Å². The highest BCUT2D eigenvalue weighted by Gasteiger charge is 2.17. The second-order valence-electron chi connectivity index (χ2n) is 5.08. The number of benzene rings is 2. The van der Waals surface area contributed by atoms with Gasteiger partial charge in [-0.2, -0.15) is 0 Å². The van der Waals surface area contributed by atoms with Gasteiger partial charge in [0.15, 0.2) is 0 Å². The molecule has 0 aliphatic rings. The van der Waals surface area contributed by atoms with Crippen LogP contribution in [0.15, 0.2) is 61.2 Å². The monoisotopic (exact) mass is 326 g/mol. The first kappa shape index (κ1) is 17.6. The molecule has 2 aromatic rings. The summed E-state index contributed by atoms with van der Waals surface area (Å²) in [5.74, 6) is 0. The van der Waals surface area contributed by atoms with Crippen molar-refractivity contribution in [1.29, 1.82) is 0 Å². The summed E-state index contributed by atoms with van der Waals surface area (Å²) in [5, 5.41) is 0. The van der Waals surface area contributed by atoms with Crippen LogP contribution in [0.3, 0.4) is 0 Å². The lowest BCUT2D eigenvalue weighted by Crippen LogP contribution is -2.31. The van der Waals surface area contributed by atoms with Gasteiger partial charge < -0.3 is 4.74 Å². The third-order valence-corrected chi connectivity index (χ3v) is 3.54. The Balaban J connectivity index is 2.03. The average molecular weight is 326 g/mol. The molecule has 0 fully saturated rings. The minimum atomic E-state index is -0.397. The molecule has 5 heteroatoms. The minimum Gasteiger partial charge on any atom is -0.452 e. The second-order valence-corrected chi connectivity index (χ2v) is 5.08. The van der Waals surface area contributed by atoms with Gasteiger partial charge in [0, 0.05) is 12.1 Å².